The maximum atomic E-state index is 12.5. The largest absolute Gasteiger partial charge is 0.459 e. The van der Waals surface area contributed by atoms with Crippen LogP contribution in [-0.4, -0.2) is 15.7 Å². The zero-order valence-corrected chi connectivity index (χ0v) is 15.1. The standard InChI is InChI=1S/C21H23N3O2/c1-21(2)11-17(23-20(25)19-9-6-10-26-19)16-13-22-24(18(16)12-21)14-15-7-4-3-5-8-15/h3-10,13,17H,11-12,14H2,1-2H3,(H,23,25)/t17-/m0/s1. The van der Waals surface area contributed by atoms with Gasteiger partial charge in [-0.15, -0.1) is 0 Å². The van der Waals surface area contributed by atoms with E-state index in [9.17, 15) is 4.79 Å². The number of benzene rings is 1. The molecule has 3 aromatic rings. The predicted molar refractivity (Wildman–Crippen MR) is 98.8 cm³/mol. The van der Waals surface area contributed by atoms with Gasteiger partial charge in [-0.05, 0) is 36.0 Å². The summed E-state index contributed by atoms with van der Waals surface area (Å²) in [5, 5.41) is 7.75. The van der Waals surface area contributed by atoms with Crippen molar-refractivity contribution < 1.29 is 9.21 Å². The quantitative estimate of drug-likeness (QED) is 0.775. The van der Waals surface area contributed by atoms with E-state index < -0.39 is 0 Å². The van der Waals surface area contributed by atoms with Gasteiger partial charge in [0.15, 0.2) is 5.76 Å². The van der Waals surface area contributed by atoms with E-state index in [4.69, 9.17) is 4.42 Å². The molecule has 0 fully saturated rings. The van der Waals surface area contributed by atoms with E-state index in [2.05, 4.69) is 41.1 Å². The Morgan fingerprint density at radius 3 is 2.81 bits per heavy atom. The first-order valence-corrected chi connectivity index (χ1v) is 8.95. The van der Waals surface area contributed by atoms with Crippen molar-refractivity contribution in [3.8, 4) is 0 Å². The molecule has 1 aliphatic rings. The Morgan fingerprint density at radius 1 is 1.27 bits per heavy atom. The molecule has 2 aromatic heterocycles. The summed E-state index contributed by atoms with van der Waals surface area (Å²) in [5.74, 6) is 0.158. The molecule has 1 aromatic carbocycles. The van der Waals surface area contributed by atoms with Crippen LogP contribution in [0, 0.1) is 5.41 Å². The summed E-state index contributed by atoms with van der Waals surface area (Å²) in [5.41, 5.74) is 3.62. The summed E-state index contributed by atoms with van der Waals surface area (Å²) < 4.78 is 7.30. The van der Waals surface area contributed by atoms with Crippen molar-refractivity contribution in [1.82, 2.24) is 15.1 Å². The minimum absolute atomic E-state index is 0.0594. The second-order valence-corrected chi connectivity index (χ2v) is 7.74. The molecule has 0 spiro atoms. The van der Waals surface area contributed by atoms with E-state index in [0.29, 0.717) is 5.76 Å². The number of rotatable bonds is 4. The number of amides is 1. The fourth-order valence-electron chi connectivity index (χ4n) is 3.76. The lowest BCUT2D eigenvalue weighted by molar-refractivity contribution is 0.0891. The molecule has 5 nitrogen and oxygen atoms in total. The molecule has 0 saturated heterocycles. The van der Waals surface area contributed by atoms with Crippen LogP contribution in [0.5, 0.6) is 0 Å². The lowest BCUT2D eigenvalue weighted by atomic mass is 9.74. The maximum absolute atomic E-state index is 12.5. The molecule has 1 N–H and O–H groups in total. The van der Waals surface area contributed by atoms with Gasteiger partial charge in [0.1, 0.15) is 0 Å². The van der Waals surface area contributed by atoms with Crippen LogP contribution in [-0.2, 0) is 13.0 Å². The number of aromatic nitrogens is 2. The lowest BCUT2D eigenvalue weighted by Crippen LogP contribution is -2.36. The van der Waals surface area contributed by atoms with Crippen LogP contribution in [0.2, 0.25) is 0 Å². The Bertz CT molecular complexity index is 895. The highest BCUT2D eigenvalue weighted by Gasteiger charge is 2.36. The molecule has 0 aliphatic heterocycles. The van der Waals surface area contributed by atoms with Gasteiger partial charge >= 0.3 is 0 Å². The number of fused-ring (bicyclic) bond motifs is 1. The summed E-state index contributed by atoms with van der Waals surface area (Å²) in [6.07, 6.45) is 5.25. The third-order valence-electron chi connectivity index (χ3n) is 4.98. The summed E-state index contributed by atoms with van der Waals surface area (Å²) in [4.78, 5) is 12.5. The minimum Gasteiger partial charge on any atom is -0.459 e. The first kappa shape index (κ1) is 16.6. The minimum atomic E-state index is -0.181. The summed E-state index contributed by atoms with van der Waals surface area (Å²) >= 11 is 0. The molecule has 26 heavy (non-hydrogen) atoms. The van der Waals surface area contributed by atoms with E-state index in [1.54, 1.807) is 12.1 Å². The number of carbonyl (C=O) groups is 1. The third kappa shape index (κ3) is 3.29. The lowest BCUT2D eigenvalue weighted by Gasteiger charge is -2.35. The first-order chi connectivity index (χ1) is 12.5. The summed E-state index contributed by atoms with van der Waals surface area (Å²) in [6.45, 7) is 5.22. The number of nitrogens with one attached hydrogen (secondary N) is 1. The van der Waals surface area contributed by atoms with Crippen LogP contribution in [0.25, 0.3) is 0 Å². The average Bonchev–Trinajstić information content (AvgIpc) is 3.26. The van der Waals surface area contributed by atoms with Crippen molar-refractivity contribution in [3.05, 3.63) is 77.5 Å². The molecular formula is C21H23N3O2. The highest BCUT2D eigenvalue weighted by atomic mass is 16.3. The van der Waals surface area contributed by atoms with Gasteiger partial charge in [-0.3, -0.25) is 9.48 Å². The molecule has 5 heteroatoms. The first-order valence-electron chi connectivity index (χ1n) is 8.95. The third-order valence-corrected chi connectivity index (χ3v) is 4.98. The molecule has 0 saturated carbocycles. The van der Waals surface area contributed by atoms with Gasteiger partial charge in [0.05, 0.1) is 25.0 Å². The molecule has 4 rings (SSSR count). The van der Waals surface area contributed by atoms with E-state index in [1.807, 2.05) is 24.4 Å². The second kappa shape index (κ2) is 6.48. The van der Waals surface area contributed by atoms with Gasteiger partial charge in [0.2, 0.25) is 0 Å². The summed E-state index contributed by atoms with van der Waals surface area (Å²) in [7, 11) is 0. The topological polar surface area (TPSA) is 60.1 Å². The van der Waals surface area contributed by atoms with Crippen LogP contribution in [0.3, 0.4) is 0 Å². The Balaban J connectivity index is 1.62. The summed E-state index contributed by atoms with van der Waals surface area (Å²) in [6, 6.07) is 13.7. The Kier molecular flexibility index (Phi) is 4.15. The fourth-order valence-corrected chi connectivity index (χ4v) is 3.76. The predicted octanol–water partition coefficient (Wildman–Crippen LogP) is 3.97. The number of hydrogen-bond acceptors (Lipinski definition) is 3. The monoisotopic (exact) mass is 349 g/mol. The van der Waals surface area contributed by atoms with Crippen LogP contribution in [0.1, 0.15) is 53.7 Å². The maximum Gasteiger partial charge on any atom is 0.287 e. The molecule has 1 atom stereocenters. The van der Waals surface area contributed by atoms with E-state index in [1.165, 1.54) is 17.5 Å². The smallest absolute Gasteiger partial charge is 0.287 e. The van der Waals surface area contributed by atoms with Gasteiger partial charge in [-0.1, -0.05) is 44.2 Å². The van der Waals surface area contributed by atoms with E-state index >= 15 is 0 Å². The van der Waals surface area contributed by atoms with Crippen LogP contribution < -0.4 is 5.32 Å². The number of carbonyl (C=O) groups excluding carboxylic acids is 1. The second-order valence-electron chi connectivity index (χ2n) is 7.74. The number of furan rings is 1. The Labute approximate surface area is 153 Å². The zero-order valence-electron chi connectivity index (χ0n) is 15.1. The molecule has 2 heterocycles. The van der Waals surface area contributed by atoms with Crippen LogP contribution in [0.4, 0.5) is 0 Å². The number of hydrogen-bond donors (Lipinski definition) is 1. The van der Waals surface area contributed by atoms with Gasteiger partial charge in [0, 0.05) is 11.3 Å². The van der Waals surface area contributed by atoms with Gasteiger partial charge < -0.3 is 9.73 Å². The Morgan fingerprint density at radius 2 is 2.08 bits per heavy atom. The van der Waals surface area contributed by atoms with Crippen molar-refractivity contribution in [2.45, 2.75) is 39.3 Å². The molecule has 1 aliphatic carbocycles. The van der Waals surface area contributed by atoms with Gasteiger partial charge in [0.25, 0.3) is 5.91 Å². The zero-order chi connectivity index (χ0) is 18.1. The fraction of sp³-hybridized carbons (Fsp3) is 0.333. The van der Waals surface area contributed by atoms with Crippen LogP contribution >= 0.6 is 0 Å². The number of nitrogens with zero attached hydrogens (tertiary/aromatic N) is 2. The molecule has 0 radical (unpaired) electrons. The van der Waals surface area contributed by atoms with Crippen molar-refractivity contribution in [2.24, 2.45) is 5.41 Å². The molecule has 1 amide bonds. The molecular weight excluding hydrogens is 326 g/mol. The van der Waals surface area contributed by atoms with Crippen molar-refractivity contribution in [2.75, 3.05) is 0 Å². The van der Waals surface area contributed by atoms with Crippen LogP contribution in [0.15, 0.2) is 59.3 Å². The normalized spacial score (nSPS) is 18.3. The molecule has 134 valence electrons. The SMILES string of the molecule is CC1(C)Cc2c(cnn2Cc2ccccc2)[C@@H](NC(=O)c2ccco2)C1. The molecule has 0 unspecified atom stereocenters. The van der Waals surface area contributed by atoms with Gasteiger partial charge in [-0.2, -0.15) is 5.10 Å². The van der Waals surface area contributed by atoms with Crippen molar-refractivity contribution >= 4 is 5.91 Å². The highest BCUT2D eigenvalue weighted by Crippen LogP contribution is 2.41. The van der Waals surface area contributed by atoms with Crippen molar-refractivity contribution in [1.29, 1.82) is 0 Å². The average molecular weight is 349 g/mol. The van der Waals surface area contributed by atoms with Crippen molar-refractivity contribution in [3.63, 3.8) is 0 Å². The highest BCUT2D eigenvalue weighted by molar-refractivity contribution is 5.91. The Hall–Kier alpha value is -2.82. The van der Waals surface area contributed by atoms with E-state index in [0.717, 1.165) is 24.9 Å². The van der Waals surface area contributed by atoms with Gasteiger partial charge in [-0.25, -0.2) is 0 Å². The van der Waals surface area contributed by atoms with E-state index in [-0.39, 0.29) is 17.4 Å². The molecule has 0 bridgehead atoms.